The van der Waals surface area contributed by atoms with E-state index in [4.69, 9.17) is 4.42 Å². The van der Waals surface area contributed by atoms with Gasteiger partial charge < -0.3 is 9.32 Å². The Bertz CT molecular complexity index is 566. The van der Waals surface area contributed by atoms with Gasteiger partial charge in [0.25, 0.3) is 5.91 Å². The van der Waals surface area contributed by atoms with Crippen molar-refractivity contribution in [3.63, 3.8) is 0 Å². The molecule has 1 aliphatic heterocycles. The Labute approximate surface area is 133 Å². The highest BCUT2D eigenvalue weighted by molar-refractivity contribution is 5.95. The zero-order valence-corrected chi connectivity index (χ0v) is 13.1. The van der Waals surface area contributed by atoms with Crippen LogP contribution >= 0.6 is 0 Å². The molecule has 7 heteroatoms. The van der Waals surface area contributed by atoms with Crippen LogP contribution in [-0.4, -0.2) is 54.1 Å². The monoisotopic (exact) mass is 330 g/mol. The predicted octanol–water partition coefficient (Wildman–Crippen LogP) is 3.26. The summed E-state index contributed by atoms with van der Waals surface area (Å²) < 4.78 is 43.0. The maximum atomic E-state index is 12.8. The summed E-state index contributed by atoms with van der Waals surface area (Å²) in [5, 5.41) is 0. The fourth-order valence-electron chi connectivity index (χ4n) is 3.35. The highest BCUT2D eigenvalue weighted by Crippen LogP contribution is 2.42. The number of rotatable bonds is 5. The van der Waals surface area contributed by atoms with Crippen LogP contribution in [0.25, 0.3) is 0 Å². The summed E-state index contributed by atoms with van der Waals surface area (Å²) in [6, 6.07) is 1.51. The zero-order chi connectivity index (χ0) is 16.6. The third kappa shape index (κ3) is 3.71. The van der Waals surface area contributed by atoms with E-state index in [0.717, 1.165) is 18.6 Å². The molecule has 0 bridgehead atoms. The van der Waals surface area contributed by atoms with E-state index >= 15 is 0 Å². The molecule has 1 aromatic rings. The Morgan fingerprint density at radius 3 is 2.74 bits per heavy atom. The van der Waals surface area contributed by atoms with Crippen molar-refractivity contribution in [3.05, 3.63) is 23.7 Å². The van der Waals surface area contributed by atoms with Gasteiger partial charge in [-0.15, -0.1) is 0 Å². The predicted molar refractivity (Wildman–Crippen MR) is 78.3 cm³/mol. The van der Waals surface area contributed by atoms with Crippen LogP contribution in [0.3, 0.4) is 0 Å². The summed E-state index contributed by atoms with van der Waals surface area (Å²) in [6.45, 7) is 2.08. The number of likely N-dealkylation sites (N-methyl/N-ethyl adjacent to an activating group) is 1. The molecule has 0 N–H and O–H groups in total. The second-order valence-corrected chi connectivity index (χ2v) is 6.36. The maximum Gasteiger partial charge on any atom is 0.401 e. The molecule has 128 valence electrons. The number of halogens is 3. The van der Waals surface area contributed by atoms with Crippen molar-refractivity contribution < 1.29 is 22.4 Å². The van der Waals surface area contributed by atoms with E-state index in [1.54, 1.807) is 11.0 Å². The molecule has 1 amide bonds. The SMILES string of the molecule is CCN(C(=O)c1ccoc1C1CC1)C1CCN(CC(F)(F)F)C1. The van der Waals surface area contributed by atoms with Crippen LogP contribution in [0, 0.1) is 0 Å². The van der Waals surface area contributed by atoms with Gasteiger partial charge in [-0.1, -0.05) is 0 Å². The molecule has 0 aromatic carbocycles. The van der Waals surface area contributed by atoms with Gasteiger partial charge in [-0.05, 0) is 32.3 Å². The first-order valence-electron chi connectivity index (χ1n) is 8.06. The molecule has 1 saturated carbocycles. The number of hydrogen-bond acceptors (Lipinski definition) is 3. The zero-order valence-electron chi connectivity index (χ0n) is 13.1. The molecular weight excluding hydrogens is 309 g/mol. The molecule has 0 radical (unpaired) electrons. The first-order chi connectivity index (χ1) is 10.9. The fourth-order valence-corrected chi connectivity index (χ4v) is 3.35. The molecule has 4 nitrogen and oxygen atoms in total. The Balaban J connectivity index is 1.68. The molecule has 3 rings (SSSR count). The van der Waals surface area contributed by atoms with E-state index in [0.29, 0.717) is 31.0 Å². The number of carbonyl (C=O) groups excluding carboxylic acids is 1. The summed E-state index contributed by atoms with van der Waals surface area (Å²) in [7, 11) is 0. The smallest absolute Gasteiger partial charge is 0.401 e. The average molecular weight is 330 g/mol. The number of likely N-dealkylation sites (tertiary alicyclic amines) is 1. The first kappa shape index (κ1) is 16.4. The van der Waals surface area contributed by atoms with Gasteiger partial charge >= 0.3 is 6.18 Å². The summed E-state index contributed by atoms with van der Waals surface area (Å²) in [5.41, 5.74) is 0.573. The van der Waals surface area contributed by atoms with Gasteiger partial charge in [-0.3, -0.25) is 9.69 Å². The number of carbonyl (C=O) groups is 1. The van der Waals surface area contributed by atoms with Gasteiger partial charge in [-0.25, -0.2) is 0 Å². The van der Waals surface area contributed by atoms with Crippen LogP contribution in [0.15, 0.2) is 16.7 Å². The van der Waals surface area contributed by atoms with E-state index < -0.39 is 12.7 Å². The van der Waals surface area contributed by atoms with Crippen molar-refractivity contribution in [1.29, 1.82) is 0 Å². The molecule has 1 aromatic heterocycles. The standard InChI is InChI=1S/C16H21F3N2O2/c1-2-21(12-5-7-20(9-12)10-16(17,18)19)15(22)13-6-8-23-14(13)11-3-4-11/h6,8,11-12H,2-5,7,9-10H2,1H3. The third-order valence-corrected chi connectivity index (χ3v) is 4.57. The maximum absolute atomic E-state index is 12.8. The van der Waals surface area contributed by atoms with E-state index in [9.17, 15) is 18.0 Å². The van der Waals surface area contributed by atoms with Crippen LogP contribution in [0.4, 0.5) is 13.2 Å². The lowest BCUT2D eigenvalue weighted by atomic mass is 10.1. The van der Waals surface area contributed by atoms with Crippen molar-refractivity contribution in [2.45, 2.75) is 44.3 Å². The van der Waals surface area contributed by atoms with Gasteiger partial charge in [-0.2, -0.15) is 13.2 Å². The van der Waals surface area contributed by atoms with Crippen LogP contribution in [-0.2, 0) is 0 Å². The summed E-state index contributed by atoms with van der Waals surface area (Å²) in [6.07, 6.45) is -0.0311. The number of furan rings is 1. The number of amides is 1. The fraction of sp³-hybridized carbons (Fsp3) is 0.688. The van der Waals surface area contributed by atoms with Crippen LogP contribution in [0.1, 0.15) is 48.2 Å². The van der Waals surface area contributed by atoms with E-state index in [1.807, 2.05) is 6.92 Å². The average Bonchev–Trinajstić information content (AvgIpc) is 3.02. The van der Waals surface area contributed by atoms with Gasteiger partial charge in [0.15, 0.2) is 0 Å². The van der Waals surface area contributed by atoms with E-state index in [1.165, 1.54) is 11.2 Å². The molecular formula is C16H21F3N2O2. The Kier molecular flexibility index (Phi) is 4.40. The van der Waals surface area contributed by atoms with Gasteiger partial charge in [0.2, 0.25) is 0 Å². The van der Waals surface area contributed by atoms with Crippen molar-refractivity contribution in [2.24, 2.45) is 0 Å². The highest BCUT2D eigenvalue weighted by Gasteiger charge is 2.38. The number of nitrogens with zero attached hydrogens (tertiary/aromatic N) is 2. The normalized spacial score (nSPS) is 22.5. The minimum Gasteiger partial charge on any atom is -0.468 e. The Hall–Kier alpha value is -1.50. The molecule has 2 heterocycles. The Morgan fingerprint density at radius 1 is 1.39 bits per heavy atom. The molecule has 1 aliphatic carbocycles. The summed E-state index contributed by atoms with van der Waals surface area (Å²) in [5.74, 6) is 0.938. The Morgan fingerprint density at radius 2 is 2.13 bits per heavy atom. The van der Waals surface area contributed by atoms with Crippen LogP contribution in [0.2, 0.25) is 0 Å². The molecule has 0 spiro atoms. The lowest BCUT2D eigenvalue weighted by Gasteiger charge is -2.28. The largest absolute Gasteiger partial charge is 0.468 e. The molecule has 23 heavy (non-hydrogen) atoms. The third-order valence-electron chi connectivity index (χ3n) is 4.57. The molecule has 1 saturated heterocycles. The second kappa shape index (κ2) is 6.19. The van der Waals surface area contributed by atoms with Crippen molar-refractivity contribution in [1.82, 2.24) is 9.80 Å². The van der Waals surface area contributed by atoms with Gasteiger partial charge in [0.05, 0.1) is 18.4 Å². The molecule has 2 aliphatic rings. The number of hydrogen-bond donors (Lipinski definition) is 0. The lowest BCUT2D eigenvalue weighted by molar-refractivity contribution is -0.143. The van der Waals surface area contributed by atoms with Crippen molar-refractivity contribution in [2.75, 3.05) is 26.2 Å². The minimum absolute atomic E-state index is 0.123. The van der Waals surface area contributed by atoms with Crippen molar-refractivity contribution in [3.8, 4) is 0 Å². The van der Waals surface area contributed by atoms with Gasteiger partial charge in [0, 0.05) is 31.6 Å². The minimum atomic E-state index is -4.19. The van der Waals surface area contributed by atoms with Crippen LogP contribution < -0.4 is 0 Å². The van der Waals surface area contributed by atoms with E-state index in [2.05, 4.69) is 0 Å². The molecule has 1 unspecified atom stereocenters. The van der Waals surface area contributed by atoms with Crippen LogP contribution in [0.5, 0.6) is 0 Å². The second-order valence-electron chi connectivity index (χ2n) is 6.36. The number of alkyl halides is 3. The molecule has 2 fully saturated rings. The summed E-state index contributed by atoms with van der Waals surface area (Å²) >= 11 is 0. The topological polar surface area (TPSA) is 36.7 Å². The first-order valence-corrected chi connectivity index (χ1v) is 8.06. The molecule has 1 atom stereocenters. The lowest BCUT2D eigenvalue weighted by Crippen LogP contribution is -2.43. The quantitative estimate of drug-likeness (QED) is 0.831. The summed E-state index contributed by atoms with van der Waals surface area (Å²) in [4.78, 5) is 15.9. The van der Waals surface area contributed by atoms with Crippen molar-refractivity contribution >= 4 is 5.91 Å². The van der Waals surface area contributed by atoms with E-state index in [-0.39, 0.29) is 18.5 Å². The highest BCUT2D eigenvalue weighted by atomic mass is 19.4. The van der Waals surface area contributed by atoms with Gasteiger partial charge in [0.1, 0.15) is 5.76 Å².